The van der Waals surface area contributed by atoms with Crippen LogP contribution in [-0.4, -0.2) is 15.0 Å². The van der Waals surface area contributed by atoms with E-state index in [9.17, 15) is 21.6 Å². The van der Waals surface area contributed by atoms with Crippen molar-refractivity contribution in [3.8, 4) is 11.8 Å². The van der Waals surface area contributed by atoms with E-state index in [1.807, 2.05) is 4.72 Å². The first kappa shape index (κ1) is 16.1. The van der Waals surface area contributed by atoms with Crippen LogP contribution in [0.3, 0.4) is 0 Å². The minimum Gasteiger partial charge on any atom is -0.207 e. The zero-order chi connectivity index (χ0) is 16.2. The van der Waals surface area contributed by atoms with E-state index in [1.165, 1.54) is 24.3 Å². The average molecular weight is 325 g/mol. The molecular formula is C15H10F3NO2S. The van der Waals surface area contributed by atoms with Crippen LogP contribution in [0.1, 0.15) is 5.56 Å². The SMILES string of the molecule is O=S(=O)(NCC#Cc1ccc(F)cc1)c1cc(F)ccc1F. The molecule has 2 aromatic carbocycles. The number of nitrogens with one attached hydrogen (secondary N) is 1. The van der Waals surface area contributed by atoms with Crippen LogP contribution in [0.5, 0.6) is 0 Å². The minimum atomic E-state index is -4.20. The Morgan fingerprint density at radius 3 is 2.27 bits per heavy atom. The molecule has 0 fully saturated rings. The summed E-state index contributed by atoms with van der Waals surface area (Å²) in [4.78, 5) is -0.781. The lowest BCUT2D eigenvalue weighted by molar-refractivity contribution is 0.548. The highest BCUT2D eigenvalue weighted by atomic mass is 32.2. The highest BCUT2D eigenvalue weighted by Gasteiger charge is 2.18. The second-order valence-electron chi connectivity index (χ2n) is 4.21. The van der Waals surface area contributed by atoms with Gasteiger partial charge >= 0.3 is 0 Å². The third-order valence-electron chi connectivity index (χ3n) is 2.61. The molecule has 0 saturated carbocycles. The third kappa shape index (κ3) is 4.10. The Bertz CT molecular complexity index is 837. The third-order valence-corrected chi connectivity index (χ3v) is 4.03. The van der Waals surface area contributed by atoms with Crippen molar-refractivity contribution < 1.29 is 21.6 Å². The van der Waals surface area contributed by atoms with E-state index in [2.05, 4.69) is 11.8 Å². The molecule has 1 N–H and O–H groups in total. The second-order valence-corrected chi connectivity index (χ2v) is 5.94. The predicted molar refractivity (Wildman–Crippen MR) is 74.8 cm³/mol. The Morgan fingerprint density at radius 2 is 1.59 bits per heavy atom. The van der Waals surface area contributed by atoms with Crippen molar-refractivity contribution in [1.82, 2.24) is 4.72 Å². The molecule has 0 aliphatic carbocycles. The molecule has 0 heterocycles. The molecule has 22 heavy (non-hydrogen) atoms. The average Bonchev–Trinajstić information content (AvgIpc) is 2.48. The molecule has 3 nitrogen and oxygen atoms in total. The zero-order valence-electron chi connectivity index (χ0n) is 11.1. The highest BCUT2D eigenvalue weighted by Crippen LogP contribution is 2.15. The van der Waals surface area contributed by atoms with Gasteiger partial charge in [0.05, 0.1) is 6.54 Å². The molecular weight excluding hydrogens is 315 g/mol. The summed E-state index contributed by atoms with van der Waals surface area (Å²) in [6.07, 6.45) is 0. The van der Waals surface area contributed by atoms with Gasteiger partial charge in [-0.25, -0.2) is 21.6 Å². The molecule has 7 heteroatoms. The lowest BCUT2D eigenvalue weighted by Crippen LogP contribution is -2.25. The monoisotopic (exact) mass is 325 g/mol. The van der Waals surface area contributed by atoms with Gasteiger partial charge < -0.3 is 0 Å². The molecule has 0 atom stereocenters. The summed E-state index contributed by atoms with van der Waals surface area (Å²) in [6, 6.07) is 7.45. The lowest BCUT2D eigenvalue weighted by Gasteiger charge is -2.05. The van der Waals surface area contributed by atoms with Crippen LogP contribution >= 0.6 is 0 Å². The van der Waals surface area contributed by atoms with Gasteiger partial charge in [-0.3, -0.25) is 0 Å². The number of halogens is 3. The molecule has 0 aliphatic rings. The highest BCUT2D eigenvalue weighted by molar-refractivity contribution is 7.89. The first-order valence-corrected chi connectivity index (χ1v) is 7.56. The maximum atomic E-state index is 13.4. The van der Waals surface area contributed by atoms with E-state index < -0.39 is 32.4 Å². The van der Waals surface area contributed by atoms with Crippen LogP contribution in [0.15, 0.2) is 47.4 Å². The van der Waals surface area contributed by atoms with E-state index in [4.69, 9.17) is 0 Å². The Morgan fingerprint density at radius 1 is 0.955 bits per heavy atom. The predicted octanol–water partition coefficient (Wildman–Crippen LogP) is 2.43. The van der Waals surface area contributed by atoms with Crippen molar-refractivity contribution in [2.75, 3.05) is 6.54 Å². The van der Waals surface area contributed by atoms with Gasteiger partial charge in [0.1, 0.15) is 22.3 Å². The van der Waals surface area contributed by atoms with Gasteiger partial charge in [-0.05, 0) is 42.5 Å². The first-order chi connectivity index (χ1) is 10.4. The molecule has 0 aromatic heterocycles. The zero-order valence-corrected chi connectivity index (χ0v) is 11.9. The van der Waals surface area contributed by atoms with Crippen molar-refractivity contribution in [2.45, 2.75) is 4.90 Å². The van der Waals surface area contributed by atoms with Crippen molar-refractivity contribution in [3.05, 3.63) is 65.5 Å². The van der Waals surface area contributed by atoms with Gasteiger partial charge in [-0.1, -0.05) is 11.8 Å². The minimum absolute atomic E-state index is 0.296. The lowest BCUT2D eigenvalue weighted by atomic mass is 10.2. The normalized spacial score (nSPS) is 10.9. The number of benzene rings is 2. The van der Waals surface area contributed by atoms with Gasteiger partial charge in [0, 0.05) is 5.56 Å². The molecule has 0 amide bonds. The molecule has 2 rings (SSSR count). The number of hydrogen-bond donors (Lipinski definition) is 1. The van der Waals surface area contributed by atoms with E-state index in [-0.39, 0.29) is 6.54 Å². The van der Waals surface area contributed by atoms with E-state index in [0.717, 1.165) is 12.1 Å². The molecule has 0 bridgehead atoms. The van der Waals surface area contributed by atoms with Crippen LogP contribution in [0.25, 0.3) is 0 Å². The van der Waals surface area contributed by atoms with Crippen LogP contribution in [-0.2, 0) is 10.0 Å². The Balaban J connectivity index is 2.08. The van der Waals surface area contributed by atoms with E-state index in [1.54, 1.807) is 0 Å². The second kappa shape index (κ2) is 6.64. The summed E-state index contributed by atoms with van der Waals surface area (Å²) in [5.74, 6) is 2.79. The number of sulfonamides is 1. The van der Waals surface area contributed by atoms with Gasteiger partial charge in [-0.15, -0.1) is 0 Å². The summed E-state index contributed by atoms with van der Waals surface area (Å²) in [5, 5.41) is 0. The Kier molecular flexibility index (Phi) is 4.85. The molecule has 0 unspecified atom stereocenters. The fourth-order valence-electron chi connectivity index (χ4n) is 1.57. The van der Waals surface area contributed by atoms with E-state index in [0.29, 0.717) is 11.6 Å². The van der Waals surface area contributed by atoms with Crippen molar-refractivity contribution in [2.24, 2.45) is 0 Å². The van der Waals surface area contributed by atoms with Gasteiger partial charge in [0.15, 0.2) is 0 Å². The fraction of sp³-hybridized carbons (Fsp3) is 0.0667. The topological polar surface area (TPSA) is 46.2 Å². The van der Waals surface area contributed by atoms with Crippen molar-refractivity contribution in [1.29, 1.82) is 0 Å². The van der Waals surface area contributed by atoms with Gasteiger partial charge in [0.2, 0.25) is 10.0 Å². The van der Waals surface area contributed by atoms with Crippen molar-refractivity contribution in [3.63, 3.8) is 0 Å². The smallest absolute Gasteiger partial charge is 0.207 e. The Hall–Kier alpha value is -2.30. The number of rotatable bonds is 3. The molecule has 114 valence electrons. The Labute approximate surface area is 125 Å². The largest absolute Gasteiger partial charge is 0.244 e. The summed E-state index contributed by atoms with van der Waals surface area (Å²) in [7, 11) is -4.20. The summed E-state index contributed by atoms with van der Waals surface area (Å²) >= 11 is 0. The van der Waals surface area contributed by atoms with Crippen LogP contribution in [0, 0.1) is 29.3 Å². The summed E-state index contributed by atoms with van der Waals surface area (Å²) < 4.78 is 64.8. The van der Waals surface area contributed by atoms with Crippen LogP contribution in [0.4, 0.5) is 13.2 Å². The molecule has 0 saturated heterocycles. The number of hydrogen-bond acceptors (Lipinski definition) is 2. The molecule has 2 aromatic rings. The molecule has 0 radical (unpaired) electrons. The molecule has 0 aliphatic heterocycles. The summed E-state index contributed by atoms with van der Waals surface area (Å²) in [5.41, 5.74) is 0.498. The first-order valence-electron chi connectivity index (χ1n) is 6.08. The standard InChI is InChI=1S/C15H10F3NO2S/c16-12-5-3-11(4-6-12)2-1-9-19-22(20,21)15-10-13(17)7-8-14(15)18/h3-8,10,19H,9H2. The van der Waals surface area contributed by atoms with Crippen molar-refractivity contribution >= 4 is 10.0 Å². The van der Waals surface area contributed by atoms with Crippen LogP contribution in [0.2, 0.25) is 0 Å². The quantitative estimate of drug-likeness (QED) is 0.881. The van der Waals surface area contributed by atoms with E-state index >= 15 is 0 Å². The maximum Gasteiger partial charge on any atom is 0.244 e. The maximum absolute atomic E-state index is 13.4. The van der Waals surface area contributed by atoms with Gasteiger partial charge in [-0.2, -0.15) is 4.72 Å². The fourth-order valence-corrected chi connectivity index (χ4v) is 2.58. The molecule has 0 spiro atoms. The van der Waals surface area contributed by atoms with Crippen LogP contribution < -0.4 is 4.72 Å². The van der Waals surface area contributed by atoms with Gasteiger partial charge in [0.25, 0.3) is 0 Å². The summed E-state index contributed by atoms with van der Waals surface area (Å²) in [6.45, 7) is -0.296.